The van der Waals surface area contributed by atoms with Gasteiger partial charge in [-0.3, -0.25) is 0 Å². The largest absolute Gasteiger partial charge is 0.508 e. The normalized spacial score (nSPS) is 37.8. The first-order valence-electron chi connectivity index (χ1n) is 6.89. The number of hydrogen-bond donors (Lipinski definition) is 1. The van der Waals surface area contributed by atoms with Crippen LogP contribution in [0.5, 0.6) is 11.5 Å². The Hall–Kier alpha value is -1.22. The van der Waals surface area contributed by atoms with Gasteiger partial charge < -0.3 is 14.7 Å². The molecular formula is C15H19NO2. The van der Waals surface area contributed by atoms with Crippen molar-refractivity contribution in [1.29, 1.82) is 0 Å². The Morgan fingerprint density at radius 1 is 1.39 bits per heavy atom. The molecule has 3 heteroatoms. The minimum atomic E-state index is 0.170. The Morgan fingerprint density at radius 2 is 2.28 bits per heavy atom. The molecule has 2 bridgehead atoms. The second-order valence-electron chi connectivity index (χ2n) is 6.11. The van der Waals surface area contributed by atoms with Gasteiger partial charge in [-0.25, -0.2) is 0 Å². The van der Waals surface area contributed by atoms with Gasteiger partial charge in [-0.05, 0) is 57.5 Å². The highest BCUT2D eigenvalue weighted by atomic mass is 16.5. The van der Waals surface area contributed by atoms with Gasteiger partial charge in [0.2, 0.25) is 0 Å². The molecule has 1 aromatic carbocycles. The second-order valence-corrected chi connectivity index (χ2v) is 6.11. The van der Waals surface area contributed by atoms with E-state index in [0.29, 0.717) is 17.9 Å². The van der Waals surface area contributed by atoms with Crippen molar-refractivity contribution >= 4 is 0 Å². The van der Waals surface area contributed by atoms with Crippen LogP contribution in [0.2, 0.25) is 0 Å². The van der Waals surface area contributed by atoms with Crippen molar-refractivity contribution in [2.45, 2.75) is 43.2 Å². The highest BCUT2D eigenvalue weighted by molar-refractivity contribution is 5.50. The molecule has 1 saturated heterocycles. The van der Waals surface area contributed by atoms with Gasteiger partial charge in [-0.1, -0.05) is 0 Å². The van der Waals surface area contributed by atoms with Gasteiger partial charge in [-0.2, -0.15) is 0 Å². The first-order chi connectivity index (χ1) is 8.69. The summed E-state index contributed by atoms with van der Waals surface area (Å²) >= 11 is 0. The highest BCUT2D eigenvalue weighted by Crippen LogP contribution is 2.55. The number of benzene rings is 1. The van der Waals surface area contributed by atoms with Crippen LogP contribution in [0.15, 0.2) is 18.2 Å². The first kappa shape index (κ1) is 10.7. The first-order valence-corrected chi connectivity index (χ1v) is 6.89. The summed E-state index contributed by atoms with van der Waals surface area (Å²) in [5, 5.41) is 9.77. The maximum atomic E-state index is 9.77. The van der Waals surface area contributed by atoms with Gasteiger partial charge in [-0.15, -0.1) is 0 Å². The Bertz CT molecular complexity index is 501. The van der Waals surface area contributed by atoms with E-state index in [-0.39, 0.29) is 5.41 Å². The van der Waals surface area contributed by atoms with Gasteiger partial charge in [0.1, 0.15) is 17.6 Å². The minimum Gasteiger partial charge on any atom is -0.508 e. The number of aromatic hydroxyl groups is 1. The van der Waals surface area contributed by atoms with Crippen molar-refractivity contribution in [3.05, 3.63) is 23.8 Å². The third kappa shape index (κ3) is 1.23. The van der Waals surface area contributed by atoms with Crippen LogP contribution < -0.4 is 4.74 Å². The smallest absolute Gasteiger partial charge is 0.123 e. The van der Waals surface area contributed by atoms with Crippen molar-refractivity contribution < 1.29 is 9.84 Å². The fraction of sp³-hybridized carbons (Fsp3) is 0.600. The summed E-state index contributed by atoms with van der Waals surface area (Å²) in [6, 6.07) is 6.29. The summed E-state index contributed by atoms with van der Waals surface area (Å²) in [4.78, 5) is 2.49. The molecule has 0 aromatic heterocycles. The van der Waals surface area contributed by atoms with Crippen molar-refractivity contribution in [2.75, 3.05) is 13.6 Å². The molecule has 3 atom stereocenters. The molecule has 96 valence electrons. The Morgan fingerprint density at radius 3 is 3.17 bits per heavy atom. The van der Waals surface area contributed by atoms with Crippen LogP contribution in [0.4, 0.5) is 0 Å². The van der Waals surface area contributed by atoms with Gasteiger partial charge in [0, 0.05) is 17.0 Å². The molecule has 0 radical (unpaired) electrons. The van der Waals surface area contributed by atoms with Gasteiger partial charge in [0.15, 0.2) is 0 Å². The molecule has 2 aliphatic heterocycles. The van der Waals surface area contributed by atoms with E-state index in [1.807, 2.05) is 12.1 Å². The van der Waals surface area contributed by atoms with Gasteiger partial charge in [0.25, 0.3) is 0 Å². The second kappa shape index (κ2) is 3.41. The average Bonchev–Trinajstić information content (AvgIpc) is 2.68. The number of piperidine rings is 1. The Kier molecular flexibility index (Phi) is 2.03. The van der Waals surface area contributed by atoms with Crippen molar-refractivity contribution in [3.8, 4) is 11.5 Å². The lowest BCUT2D eigenvalue weighted by atomic mass is 9.63. The zero-order valence-electron chi connectivity index (χ0n) is 10.7. The van der Waals surface area contributed by atoms with Crippen LogP contribution in [0.25, 0.3) is 0 Å². The van der Waals surface area contributed by atoms with E-state index in [0.717, 1.165) is 25.1 Å². The number of hydrogen-bond acceptors (Lipinski definition) is 3. The van der Waals surface area contributed by atoms with Crippen molar-refractivity contribution in [1.82, 2.24) is 4.90 Å². The predicted octanol–water partition coefficient (Wildman–Crippen LogP) is 2.28. The van der Waals surface area contributed by atoms with Crippen LogP contribution in [0.3, 0.4) is 0 Å². The Labute approximate surface area is 107 Å². The molecule has 3 aliphatic rings. The van der Waals surface area contributed by atoms with E-state index in [1.54, 1.807) is 6.07 Å². The summed E-state index contributed by atoms with van der Waals surface area (Å²) in [6.45, 7) is 1.14. The van der Waals surface area contributed by atoms with Crippen LogP contribution in [-0.2, 0) is 5.41 Å². The summed E-state index contributed by atoms with van der Waals surface area (Å²) in [5.41, 5.74) is 1.43. The molecule has 1 aromatic rings. The molecule has 1 N–H and O–H groups in total. The number of fused-ring (bicyclic) bond motifs is 2. The highest BCUT2D eigenvalue weighted by Gasteiger charge is 2.54. The summed E-state index contributed by atoms with van der Waals surface area (Å²) < 4.78 is 6.15. The SMILES string of the molecule is CN1CC[C@@]23C[C@@H]1CC[C@@H]2Oc1ccc(O)cc13. The fourth-order valence-electron chi connectivity index (χ4n) is 4.22. The predicted molar refractivity (Wildman–Crippen MR) is 69.1 cm³/mol. The molecule has 1 aliphatic carbocycles. The number of nitrogens with zero attached hydrogens (tertiary/aromatic N) is 1. The number of likely N-dealkylation sites (tertiary alicyclic amines) is 1. The Balaban J connectivity index is 1.83. The maximum absolute atomic E-state index is 9.77. The lowest BCUT2D eigenvalue weighted by Gasteiger charge is -2.49. The fourth-order valence-corrected chi connectivity index (χ4v) is 4.22. The number of ether oxygens (including phenoxy) is 1. The third-order valence-electron chi connectivity index (χ3n) is 5.28. The van der Waals surface area contributed by atoms with E-state index in [2.05, 4.69) is 11.9 Å². The zero-order valence-corrected chi connectivity index (χ0v) is 10.7. The molecule has 0 amide bonds. The van der Waals surface area contributed by atoms with E-state index in [1.165, 1.54) is 18.4 Å². The molecule has 2 fully saturated rings. The summed E-state index contributed by atoms with van der Waals surface area (Å²) in [5.74, 6) is 1.37. The third-order valence-corrected chi connectivity index (χ3v) is 5.28. The van der Waals surface area contributed by atoms with Gasteiger partial charge >= 0.3 is 0 Å². The standard InChI is InChI=1S/C15H19NO2/c1-16-7-6-15-9-10(16)2-5-14(15)18-13-4-3-11(17)8-12(13)15/h3-4,8,10,14,17H,2,5-7,9H2,1H3/t10-,14-,15-/m0/s1. The summed E-state index contributed by atoms with van der Waals surface area (Å²) in [6.07, 6.45) is 5.05. The van der Waals surface area contributed by atoms with E-state index in [4.69, 9.17) is 4.74 Å². The van der Waals surface area contributed by atoms with Gasteiger partial charge in [0.05, 0.1) is 0 Å². The maximum Gasteiger partial charge on any atom is 0.123 e. The number of phenols is 1. The summed E-state index contributed by atoms with van der Waals surface area (Å²) in [7, 11) is 2.23. The van der Waals surface area contributed by atoms with Crippen LogP contribution in [-0.4, -0.2) is 35.7 Å². The molecule has 18 heavy (non-hydrogen) atoms. The minimum absolute atomic E-state index is 0.170. The quantitative estimate of drug-likeness (QED) is 0.761. The average molecular weight is 245 g/mol. The van der Waals surface area contributed by atoms with Crippen molar-refractivity contribution in [2.24, 2.45) is 0 Å². The molecule has 1 saturated carbocycles. The van der Waals surface area contributed by atoms with Crippen LogP contribution >= 0.6 is 0 Å². The zero-order chi connectivity index (χ0) is 12.3. The topological polar surface area (TPSA) is 32.7 Å². The molecular weight excluding hydrogens is 226 g/mol. The number of phenolic OH excluding ortho intramolecular Hbond substituents is 1. The van der Waals surface area contributed by atoms with Crippen LogP contribution in [0.1, 0.15) is 31.2 Å². The van der Waals surface area contributed by atoms with E-state index in [9.17, 15) is 5.11 Å². The lowest BCUT2D eigenvalue weighted by Crippen LogP contribution is -2.55. The number of rotatable bonds is 0. The van der Waals surface area contributed by atoms with Crippen molar-refractivity contribution in [3.63, 3.8) is 0 Å². The molecule has 4 rings (SSSR count). The monoisotopic (exact) mass is 245 g/mol. The molecule has 3 nitrogen and oxygen atoms in total. The molecule has 2 heterocycles. The molecule has 0 unspecified atom stereocenters. The van der Waals surface area contributed by atoms with Crippen LogP contribution in [0, 0.1) is 0 Å². The van der Waals surface area contributed by atoms with E-state index >= 15 is 0 Å². The van der Waals surface area contributed by atoms with E-state index < -0.39 is 0 Å². The molecule has 1 spiro atoms. The lowest BCUT2D eigenvalue weighted by molar-refractivity contribution is 0.00485.